The van der Waals surface area contributed by atoms with Crippen molar-refractivity contribution in [1.29, 1.82) is 0 Å². The van der Waals surface area contributed by atoms with Crippen LogP contribution in [0.4, 0.5) is 0 Å². The van der Waals surface area contributed by atoms with Gasteiger partial charge in [-0.15, -0.1) is 17.0 Å². The van der Waals surface area contributed by atoms with Gasteiger partial charge in [0.1, 0.15) is 0 Å². The van der Waals surface area contributed by atoms with E-state index in [4.69, 9.17) is 5.73 Å². The van der Waals surface area contributed by atoms with Gasteiger partial charge in [-0.05, 0) is 19.8 Å². The fraction of sp³-hybridized carbons (Fsp3) is 1.00. The lowest BCUT2D eigenvalue weighted by molar-refractivity contribution is 0.762. The Morgan fingerprint density at radius 1 is 1.50 bits per heavy atom. The SMILES string of the molecule is Br.CC1(N)CC1. The molecule has 0 heterocycles. The minimum absolute atomic E-state index is 0. The molecular weight excluding hydrogens is 142 g/mol. The van der Waals surface area contributed by atoms with E-state index in [0.29, 0.717) is 0 Å². The Labute approximate surface area is 48.7 Å². The first-order valence-electron chi connectivity index (χ1n) is 2.00. The van der Waals surface area contributed by atoms with Crippen LogP contribution < -0.4 is 5.73 Å². The highest BCUT2D eigenvalue weighted by Crippen LogP contribution is 2.30. The van der Waals surface area contributed by atoms with Crippen molar-refractivity contribution in [1.82, 2.24) is 0 Å². The summed E-state index contributed by atoms with van der Waals surface area (Å²) in [5.74, 6) is 0. The van der Waals surface area contributed by atoms with Crippen molar-refractivity contribution in [2.75, 3.05) is 0 Å². The van der Waals surface area contributed by atoms with E-state index in [-0.39, 0.29) is 22.5 Å². The molecule has 1 aliphatic carbocycles. The van der Waals surface area contributed by atoms with Crippen molar-refractivity contribution in [2.45, 2.75) is 25.3 Å². The first-order chi connectivity index (χ1) is 2.21. The molecule has 0 aliphatic heterocycles. The van der Waals surface area contributed by atoms with Gasteiger partial charge in [0.05, 0.1) is 0 Å². The molecule has 2 N–H and O–H groups in total. The maximum Gasteiger partial charge on any atom is 0.0127 e. The maximum atomic E-state index is 5.47. The molecule has 0 bridgehead atoms. The number of rotatable bonds is 0. The predicted molar refractivity (Wildman–Crippen MR) is 32.1 cm³/mol. The molecule has 0 saturated heterocycles. The molecule has 2 heteroatoms. The summed E-state index contributed by atoms with van der Waals surface area (Å²) in [5, 5.41) is 0. The Morgan fingerprint density at radius 3 is 1.67 bits per heavy atom. The van der Waals surface area contributed by atoms with Gasteiger partial charge < -0.3 is 5.73 Å². The Hall–Kier alpha value is 0.440. The lowest BCUT2D eigenvalue weighted by Gasteiger charge is -1.88. The normalized spacial score (nSPS) is 25.0. The van der Waals surface area contributed by atoms with Crippen molar-refractivity contribution >= 4 is 17.0 Å². The molecule has 0 atom stereocenters. The summed E-state index contributed by atoms with van der Waals surface area (Å²) in [6.07, 6.45) is 2.46. The van der Waals surface area contributed by atoms with E-state index >= 15 is 0 Å². The van der Waals surface area contributed by atoms with Gasteiger partial charge >= 0.3 is 0 Å². The predicted octanol–water partition coefficient (Wildman–Crippen LogP) is 1.08. The zero-order valence-electron chi connectivity index (χ0n) is 3.90. The van der Waals surface area contributed by atoms with Gasteiger partial charge in [-0.1, -0.05) is 0 Å². The van der Waals surface area contributed by atoms with Gasteiger partial charge in [0, 0.05) is 5.54 Å². The van der Waals surface area contributed by atoms with Crippen molar-refractivity contribution < 1.29 is 0 Å². The monoisotopic (exact) mass is 151 g/mol. The van der Waals surface area contributed by atoms with Gasteiger partial charge in [0.2, 0.25) is 0 Å². The van der Waals surface area contributed by atoms with Crippen LogP contribution in [0.1, 0.15) is 19.8 Å². The lowest BCUT2D eigenvalue weighted by Crippen LogP contribution is -2.14. The zero-order valence-corrected chi connectivity index (χ0v) is 5.61. The number of nitrogens with two attached hydrogens (primary N) is 1. The summed E-state index contributed by atoms with van der Waals surface area (Å²) in [7, 11) is 0. The third kappa shape index (κ3) is 1.78. The van der Waals surface area contributed by atoms with E-state index in [9.17, 15) is 0 Å². The smallest absolute Gasteiger partial charge is 0.0127 e. The van der Waals surface area contributed by atoms with Gasteiger partial charge in [-0.25, -0.2) is 0 Å². The third-order valence-electron chi connectivity index (χ3n) is 1.04. The van der Waals surface area contributed by atoms with Gasteiger partial charge in [-0.3, -0.25) is 0 Å². The summed E-state index contributed by atoms with van der Waals surface area (Å²) in [5.41, 5.74) is 5.72. The van der Waals surface area contributed by atoms with E-state index < -0.39 is 0 Å². The topological polar surface area (TPSA) is 26.0 Å². The first-order valence-corrected chi connectivity index (χ1v) is 2.00. The third-order valence-corrected chi connectivity index (χ3v) is 1.04. The van der Waals surface area contributed by atoms with E-state index in [0.717, 1.165) is 0 Å². The summed E-state index contributed by atoms with van der Waals surface area (Å²) < 4.78 is 0. The molecule has 1 rings (SSSR count). The summed E-state index contributed by atoms with van der Waals surface area (Å²) >= 11 is 0. The second-order valence-electron chi connectivity index (χ2n) is 2.15. The van der Waals surface area contributed by atoms with E-state index in [1.54, 1.807) is 0 Å². The van der Waals surface area contributed by atoms with Crippen LogP contribution in [-0.2, 0) is 0 Å². The van der Waals surface area contributed by atoms with Crippen LogP contribution in [0.5, 0.6) is 0 Å². The quantitative estimate of drug-likeness (QED) is 0.552. The largest absolute Gasteiger partial charge is 0.325 e. The average Bonchev–Trinajstić information content (AvgIpc) is 1.76. The Morgan fingerprint density at radius 2 is 1.67 bits per heavy atom. The van der Waals surface area contributed by atoms with Crippen LogP contribution in [0.15, 0.2) is 0 Å². The Bertz CT molecular complexity index is 45.5. The van der Waals surface area contributed by atoms with E-state index in [1.165, 1.54) is 12.8 Å². The fourth-order valence-corrected chi connectivity index (χ4v) is 0.197. The van der Waals surface area contributed by atoms with Crippen molar-refractivity contribution in [3.05, 3.63) is 0 Å². The molecule has 0 aromatic heterocycles. The van der Waals surface area contributed by atoms with E-state index in [2.05, 4.69) is 6.92 Å². The molecule has 1 fully saturated rings. The molecule has 0 aromatic carbocycles. The van der Waals surface area contributed by atoms with E-state index in [1.807, 2.05) is 0 Å². The van der Waals surface area contributed by atoms with Crippen LogP contribution in [0, 0.1) is 0 Å². The molecule has 1 aliphatic rings. The summed E-state index contributed by atoms with van der Waals surface area (Å²) in [6.45, 7) is 2.08. The molecule has 0 spiro atoms. The van der Waals surface area contributed by atoms with Crippen LogP contribution in [0.2, 0.25) is 0 Å². The molecule has 38 valence electrons. The molecule has 0 radical (unpaired) electrons. The van der Waals surface area contributed by atoms with Crippen molar-refractivity contribution in [3.63, 3.8) is 0 Å². The minimum Gasteiger partial charge on any atom is -0.325 e. The summed E-state index contributed by atoms with van der Waals surface area (Å²) in [4.78, 5) is 0. The number of hydrogen-bond acceptors (Lipinski definition) is 1. The van der Waals surface area contributed by atoms with Crippen LogP contribution in [0.3, 0.4) is 0 Å². The number of halogens is 1. The highest BCUT2D eigenvalue weighted by Gasteiger charge is 2.31. The highest BCUT2D eigenvalue weighted by atomic mass is 79.9. The molecular formula is C4H10BrN. The lowest BCUT2D eigenvalue weighted by atomic mass is 10.4. The molecule has 0 unspecified atom stereocenters. The van der Waals surface area contributed by atoms with Gasteiger partial charge in [0.25, 0.3) is 0 Å². The Balaban J connectivity index is 0.000000250. The maximum absolute atomic E-state index is 5.47. The standard InChI is InChI=1S/C4H9N.BrH/c1-4(5)2-3-4;/h2-3,5H2,1H3;1H. The average molecular weight is 152 g/mol. The molecule has 1 saturated carbocycles. The molecule has 6 heavy (non-hydrogen) atoms. The molecule has 0 amide bonds. The fourth-order valence-electron chi connectivity index (χ4n) is 0.197. The number of hydrogen-bond donors (Lipinski definition) is 1. The molecule has 1 nitrogen and oxygen atoms in total. The zero-order chi connectivity index (χ0) is 3.91. The summed E-state index contributed by atoms with van der Waals surface area (Å²) in [6, 6.07) is 0. The Kier molecular flexibility index (Phi) is 1.62. The minimum atomic E-state index is 0. The first kappa shape index (κ1) is 6.44. The van der Waals surface area contributed by atoms with Crippen LogP contribution >= 0.6 is 17.0 Å². The van der Waals surface area contributed by atoms with Crippen molar-refractivity contribution in [2.24, 2.45) is 5.73 Å². The second-order valence-corrected chi connectivity index (χ2v) is 2.15. The highest BCUT2D eigenvalue weighted by molar-refractivity contribution is 8.93. The second kappa shape index (κ2) is 1.51. The molecule has 0 aromatic rings. The van der Waals surface area contributed by atoms with Crippen LogP contribution in [0.25, 0.3) is 0 Å². The van der Waals surface area contributed by atoms with Gasteiger partial charge in [0.15, 0.2) is 0 Å². The van der Waals surface area contributed by atoms with Crippen LogP contribution in [-0.4, -0.2) is 5.54 Å². The van der Waals surface area contributed by atoms with Crippen molar-refractivity contribution in [3.8, 4) is 0 Å². The van der Waals surface area contributed by atoms with Gasteiger partial charge in [-0.2, -0.15) is 0 Å².